The number of esters is 2. The number of cyclic esters (lactones) is 1. The Kier molecular flexibility index (Phi) is 8.53. The van der Waals surface area contributed by atoms with Gasteiger partial charge < -0.3 is 19.1 Å². The summed E-state index contributed by atoms with van der Waals surface area (Å²) < 4.78 is 55.7. The summed E-state index contributed by atoms with van der Waals surface area (Å²) in [5, 5.41) is 0.297. The highest BCUT2D eigenvalue weighted by Crippen LogP contribution is 2.43. The summed E-state index contributed by atoms with van der Waals surface area (Å²) in [6.45, 7) is 3.27. The van der Waals surface area contributed by atoms with E-state index in [1.54, 1.807) is 44.2 Å². The van der Waals surface area contributed by atoms with Crippen LogP contribution in [0.15, 0.2) is 35.9 Å². The number of hydrogen-bond donors (Lipinski definition) is 0. The highest BCUT2D eigenvalue weighted by Gasteiger charge is 2.44. The fraction of sp³-hybridized carbons (Fsp3) is 0.346. The maximum Gasteiger partial charge on any atom is 0.471 e. The minimum Gasteiger partial charge on any atom is -0.496 e. The van der Waals surface area contributed by atoms with E-state index in [2.05, 4.69) is 0 Å². The number of carbonyl (C=O) groups is 3. The zero-order chi connectivity index (χ0) is 27.5. The van der Waals surface area contributed by atoms with Crippen molar-refractivity contribution in [3.05, 3.63) is 63.2 Å². The standard InChI is InChI=1S/C26H25ClF3NO6/c1-14(10-12-20(32)37-19-8-6-5-7-18(19)27)9-11-16-22(31(3)25(34)26(28,29)30)21-17(13-36-24(21)33)15(2)23(16)35-4/h5-9H,10-13H2,1-4H3/b14-9+. The highest BCUT2D eigenvalue weighted by molar-refractivity contribution is 6.32. The summed E-state index contributed by atoms with van der Waals surface area (Å²) in [6, 6.07) is 6.54. The van der Waals surface area contributed by atoms with Crippen molar-refractivity contribution in [2.45, 2.75) is 45.9 Å². The number of rotatable bonds is 8. The van der Waals surface area contributed by atoms with Crippen LogP contribution in [0.25, 0.3) is 0 Å². The second-order valence-corrected chi connectivity index (χ2v) is 8.84. The molecule has 1 heterocycles. The maximum absolute atomic E-state index is 13.3. The van der Waals surface area contributed by atoms with Gasteiger partial charge in [0.05, 0.1) is 23.4 Å². The zero-order valence-corrected chi connectivity index (χ0v) is 21.4. The molecule has 1 aliphatic rings. The van der Waals surface area contributed by atoms with E-state index in [0.717, 1.165) is 12.6 Å². The van der Waals surface area contributed by atoms with Crippen LogP contribution in [0, 0.1) is 6.92 Å². The number of methoxy groups -OCH3 is 1. The van der Waals surface area contributed by atoms with E-state index < -0.39 is 24.0 Å². The zero-order valence-electron chi connectivity index (χ0n) is 20.6. The molecule has 0 aromatic heterocycles. The first kappa shape index (κ1) is 28.0. The van der Waals surface area contributed by atoms with E-state index in [1.165, 1.54) is 7.11 Å². The molecule has 3 rings (SSSR count). The number of para-hydroxylation sites is 1. The summed E-state index contributed by atoms with van der Waals surface area (Å²) >= 11 is 6.00. The van der Waals surface area contributed by atoms with E-state index in [9.17, 15) is 27.6 Å². The summed E-state index contributed by atoms with van der Waals surface area (Å²) in [6.07, 6.45) is -3.11. The van der Waals surface area contributed by atoms with Crippen molar-refractivity contribution in [1.82, 2.24) is 0 Å². The Morgan fingerprint density at radius 3 is 2.51 bits per heavy atom. The number of hydrogen-bond acceptors (Lipinski definition) is 6. The summed E-state index contributed by atoms with van der Waals surface area (Å²) in [5.74, 6) is -2.98. The molecular weight excluding hydrogens is 515 g/mol. The number of ether oxygens (including phenoxy) is 3. The molecule has 0 spiro atoms. The van der Waals surface area contributed by atoms with E-state index in [4.69, 9.17) is 25.8 Å². The molecule has 0 radical (unpaired) electrons. The lowest BCUT2D eigenvalue weighted by molar-refractivity contribution is -0.170. The van der Waals surface area contributed by atoms with Gasteiger partial charge in [-0.25, -0.2) is 4.79 Å². The van der Waals surface area contributed by atoms with Crippen molar-refractivity contribution in [1.29, 1.82) is 0 Å². The monoisotopic (exact) mass is 539 g/mol. The molecule has 1 aliphatic heterocycles. The Labute approximate surface area is 216 Å². The predicted molar refractivity (Wildman–Crippen MR) is 130 cm³/mol. The van der Waals surface area contributed by atoms with Gasteiger partial charge in [-0.3, -0.25) is 9.59 Å². The van der Waals surface area contributed by atoms with Crippen molar-refractivity contribution in [2.75, 3.05) is 19.1 Å². The number of nitrogens with zero attached hydrogens (tertiary/aromatic N) is 1. The van der Waals surface area contributed by atoms with Crippen molar-refractivity contribution in [3.63, 3.8) is 0 Å². The van der Waals surface area contributed by atoms with Crippen LogP contribution in [0.5, 0.6) is 11.5 Å². The number of anilines is 1. The Morgan fingerprint density at radius 2 is 1.89 bits per heavy atom. The molecule has 0 saturated carbocycles. The van der Waals surface area contributed by atoms with Crippen molar-refractivity contribution in [3.8, 4) is 11.5 Å². The average Bonchev–Trinajstić information content (AvgIpc) is 3.23. The van der Waals surface area contributed by atoms with Crippen LogP contribution in [-0.2, 0) is 27.4 Å². The van der Waals surface area contributed by atoms with Gasteiger partial charge in [0.2, 0.25) is 0 Å². The van der Waals surface area contributed by atoms with Gasteiger partial charge in [0.25, 0.3) is 0 Å². The van der Waals surface area contributed by atoms with Gasteiger partial charge in [0.15, 0.2) is 0 Å². The second kappa shape index (κ2) is 11.2. The Balaban J connectivity index is 1.90. The fourth-order valence-corrected chi connectivity index (χ4v) is 4.24. The number of allylic oxidation sites excluding steroid dienone is 2. The number of amides is 1. The van der Waals surface area contributed by atoms with Gasteiger partial charge in [-0.05, 0) is 44.4 Å². The third kappa shape index (κ3) is 6.07. The van der Waals surface area contributed by atoms with Crippen LogP contribution < -0.4 is 14.4 Å². The van der Waals surface area contributed by atoms with Crippen LogP contribution in [0.2, 0.25) is 5.02 Å². The van der Waals surface area contributed by atoms with Crippen LogP contribution in [0.1, 0.15) is 46.8 Å². The lowest BCUT2D eigenvalue weighted by atomic mass is 9.92. The minimum atomic E-state index is -5.16. The normalized spacial score (nSPS) is 13.2. The van der Waals surface area contributed by atoms with Gasteiger partial charge in [0, 0.05) is 24.6 Å². The van der Waals surface area contributed by atoms with Gasteiger partial charge in [0.1, 0.15) is 18.1 Å². The number of carbonyl (C=O) groups excluding carboxylic acids is 3. The van der Waals surface area contributed by atoms with E-state index in [0.29, 0.717) is 27.5 Å². The molecule has 7 nitrogen and oxygen atoms in total. The first-order chi connectivity index (χ1) is 17.4. The minimum absolute atomic E-state index is 0.0273. The SMILES string of the molecule is COc1c(C)c2c(c(N(C)C(=O)C(F)(F)F)c1C/C=C(\C)CCC(=O)Oc1ccccc1Cl)C(=O)OC2. The maximum atomic E-state index is 13.3. The van der Waals surface area contributed by atoms with Gasteiger partial charge >= 0.3 is 24.0 Å². The molecule has 0 aliphatic carbocycles. The third-order valence-electron chi connectivity index (χ3n) is 5.97. The number of fused-ring (bicyclic) bond motifs is 1. The first-order valence-electron chi connectivity index (χ1n) is 11.2. The van der Waals surface area contributed by atoms with Crippen molar-refractivity contribution in [2.24, 2.45) is 0 Å². The molecule has 11 heteroatoms. The molecule has 37 heavy (non-hydrogen) atoms. The van der Waals surface area contributed by atoms with Crippen molar-refractivity contribution < 1.29 is 41.8 Å². The second-order valence-electron chi connectivity index (χ2n) is 8.44. The Bertz CT molecular complexity index is 1270. The molecule has 0 unspecified atom stereocenters. The highest BCUT2D eigenvalue weighted by atomic mass is 35.5. The van der Waals surface area contributed by atoms with Crippen LogP contribution in [0.4, 0.5) is 18.9 Å². The van der Waals surface area contributed by atoms with Gasteiger partial charge in [-0.2, -0.15) is 13.2 Å². The van der Waals surface area contributed by atoms with Crippen molar-refractivity contribution >= 4 is 35.1 Å². The van der Waals surface area contributed by atoms with Crippen LogP contribution in [-0.4, -0.2) is 38.2 Å². The first-order valence-corrected chi connectivity index (χ1v) is 11.6. The molecular formula is C26H25ClF3NO6. The molecule has 0 saturated heterocycles. The van der Waals surface area contributed by atoms with E-state index >= 15 is 0 Å². The van der Waals surface area contributed by atoms with Gasteiger partial charge in [-0.1, -0.05) is 35.4 Å². The molecule has 0 bridgehead atoms. The summed E-state index contributed by atoms with van der Waals surface area (Å²) in [7, 11) is 2.31. The van der Waals surface area contributed by atoms with E-state index in [-0.39, 0.29) is 47.8 Å². The topological polar surface area (TPSA) is 82.1 Å². The van der Waals surface area contributed by atoms with Crippen LogP contribution in [0.3, 0.4) is 0 Å². The van der Waals surface area contributed by atoms with Gasteiger partial charge in [-0.15, -0.1) is 0 Å². The summed E-state index contributed by atoms with van der Waals surface area (Å²) in [4.78, 5) is 37.3. The molecule has 0 atom stereocenters. The Morgan fingerprint density at radius 1 is 1.22 bits per heavy atom. The Hall–Kier alpha value is -3.53. The number of halogens is 4. The molecule has 0 N–H and O–H groups in total. The third-order valence-corrected chi connectivity index (χ3v) is 6.28. The largest absolute Gasteiger partial charge is 0.496 e. The molecule has 2 aromatic rings. The predicted octanol–water partition coefficient (Wildman–Crippen LogP) is 5.73. The molecule has 0 fully saturated rings. The average molecular weight is 540 g/mol. The lowest BCUT2D eigenvalue weighted by Gasteiger charge is -2.26. The van der Waals surface area contributed by atoms with E-state index in [1.807, 2.05) is 0 Å². The smallest absolute Gasteiger partial charge is 0.471 e. The number of alkyl halides is 3. The molecule has 198 valence electrons. The number of benzene rings is 2. The van der Waals surface area contributed by atoms with Crippen LogP contribution >= 0.6 is 11.6 Å². The molecule has 2 aromatic carbocycles. The fourth-order valence-electron chi connectivity index (χ4n) is 4.07. The summed E-state index contributed by atoms with van der Waals surface area (Å²) in [5.41, 5.74) is 1.53. The molecule has 1 amide bonds. The quantitative estimate of drug-likeness (QED) is 0.242. The lowest BCUT2D eigenvalue weighted by Crippen LogP contribution is -2.39.